The molecule has 0 spiro atoms. The minimum atomic E-state index is 0.00377. The van der Waals surface area contributed by atoms with Crippen LogP contribution < -0.4 is 16.0 Å². The Morgan fingerprint density at radius 2 is 1.94 bits per heavy atom. The number of halogens is 1. The number of hydrogen-bond acceptors (Lipinski definition) is 3. The third-order valence-corrected chi connectivity index (χ3v) is 6.68. The summed E-state index contributed by atoms with van der Waals surface area (Å²) in [5, 5.41) is 5.05. The zero-order chi connectivity index (χ0) is 22.1. The lowest BCUT2D eigenvalue weighted by Gasteiger charge is -2.41. The van der Waals surface area contributed by atoms with Crippen molar-refractivity contribution in [1.82, 2.24) is 5.32 Å². The molecule has 2 aromatic carbocycles. The van der Waals surface area contributed by atoms with Crippen LogP contribution in [0.4, 0.5) is 5.69 Å². The van der Waals surface area contributed by atoms with Crippen molar-refractivity contribution in [3.8, 4) is 0 Å². The highest BCUT2D eigenvalue weighted by Gasteiger charge is 2.35. The molecule has 0 bridgehead atoms. The minimum absolute atomic E-state index is 0.00377. The van der Waals surface area contributed by atoms with Crippen molar-refractivity contribution in [3.63, 3.8) is 0 Å². The van der Waals surface area contributed by atoms with Crippen LogP contribution in [-0.4, -0.2) is 31.9 Å². The Kier molecular flexibility index (Phi) is 9.15. The standard InChI is InChI=1S/C25H34ClN3OS/c1-30-19-5-4-17-28-25(15-6-9-20-8-2-3-10-23(20)25)16-7-18-29(24(27)31)22-13-11-21(26)12-14-22/h2-3,8,10-14,28H,4-7,9,15-19H2,1H3,(H2,27,31). The van der Waals surface area contributed by atoms with Gasteiger partial charge in [0.1, 0.15) is 0 Å². The Balaban J connectivity index is 1.71. The summed E-state index contributed by atoms with van der Waals surface area (Å²) >= 11 is 11.4. The molecule has 2 aromatic rings. The summed E-state index contributed by atoms with van der Waals surface area (Å²) in [7, 11) is 1.76. The summed E-state index contributed by atoms with van der Waals surface area (Å²) in [4.78, 5) is 2.01. The number of thiocarbonyl (C=S) groups is 1. The van der Waals surface area contributed by atoms with Gasteiger partial charge in [0.15, 0.2) is 5.11 Å². The fourth-order valence-electron chi connectivity index (χ4n) is 4.68. The Morgan fingerprint density at radius 3 is 2.68 bits per heavy atom. The molecule has 1 aliphatic rings. The van der Waals surface area contributed by atoms with Gasteiger partial charge >= 0.3 is 0 Å². The summed E-state index contributed by atoms with van der Waals surface area (Å²) in [5.74, 6) is 0. The van der Waals surface area contributed by atoms with Crippen molar-refractivity contribution in [1.29, 1.82) is 0 Å². The highest BCUT2D eigenvalue weighted by atomic mass is 35.5. The molecule has 0 amide bonds. The number of benzene rings is 2. The Hall–Kier alpha value is -1.66. The molecule has 4 nitrogen and oxygen atoms in total. The van der Waals surface area contributed by atoms with Crippen LogP contribution >= 0.6 is 23.8 Å². The summed E-state index contributed by atoms with van der Waals surface area (Å²) < 4.78 is 5.21. The summed E-state index contributed by atoms with van der Waals surface area (Å²) in [6.07, 6.45) is 7.74. The van der Waals surface area contributed by atoms with Crippen LogP contribution in [0, 0.1) is 0 Å². The summed E-state index contributed by atoms with van der Waals surface area (Å²) in [6, 6.07) is 16.6. The maximum atomic E-state index is 6.06. The van der Waals surface area contributed by atoms with E-state index in [2.05, 4.69) is 29.6 Å². The van der Waals surface area contributed by atoms with Crippen molar-refractivity contribution < 1.29 is 4.74 Å². The fraction of sp³-hybridized carbons (Fsp3) is 0.480. The molecule has 3 rings (SSSR count). The van der Waals surface area contributed by atoms with Crippen LogP contribution in [0.5, 0.6) is 0 Å². The predicted molar refractivity (Wildman–Crippen MR) is 135 cm³/mol. The van der Waals surface area contributed by atoms with Crippen LogP contribution in [0.15, 0.2) is 48.5 Å². The number of anilines is 1. The predicted octanol–water partition coefficient (Wildman–Crippen LogP) is 5.42. The zero-order valence-corrected chi connectivity index (χ0v) is 20.0. The smallest absolute Gasteiger partial charge is 0.170 e. The third-order valence-electron chi connectivity index (χ3n) is 6.21. The molecule has 3 N–H and O–H groups in total. The van der Waals surface area contributed by atoms with Gasteiger partial charge in [0, 0.05) is 36.5 Å². The second kappa shape index (κ2) is 11.8. The monoisotopic (exact) mass is 459 g/mol. The van der Waals surface area contributed by atoms with E-state index in [1.54, 1.807) is 7.11 Å². The van der Waals surface area contributed by atoms with Gasteiger partial charge in [-0.2, -0.15) is 0 Å². The van der Waals surface area contributed by atoms with Crippen molar-refractivity contribution in [2.75, 3.05) is 31.7 Å². The van der Waals surface area contributed by atoms with Crippen LogP contribution in [0.25, 0.3) is 0 Å². The Labute approximate surface area is 197 Å². The molecular formula is C25H34ClN3OS. The first-order chi connectivity index (χ1) is 15.1. The number of unbranched alkanes of at least 4 members (excludes halogenated alkanes) is 1. The molecule has 1 aliphatic carbocycles. The zero-order valence-electron chi connectivity index (χ0n) is 18.4. The highest BCUT2D eigenvalue weighted by Crippen LogP contribution is 2.39. The van der Waals surface area contributed by atoms with Crippen molar-refractivity contribution in [3.05, 3.63) is 64.7 Å². The maximum absolute atomic E-state index is 6.06. The van der Waals surface area contributed by atoms with Crippen molar-refractivity contribution in [2.24, 2.45) is 5.73 Å². The van der Waals surface area contributed by atoms with E-state index in [0.717, 1.165) is 63.9 Å². The number of fused-ring (bicyclic) bond motifs is 1. The van der Waals surface area contributed by atoms with Gasteiger partial charge in [0.2, 0.25) is 0 Å². The van der Waals surface area contributed by atoms with E-state index < -0.39 is 0 Å². The molecule has 0 fully saturated rings. The topological polar surface area (TPSA) is 50.5 Å². The molecule has 0 saturated heterocycles. The lowest BCUT2D eigenvalue weighted by Crippen LogP contribution is -2.46. The molecule has 0 radical (unpaired) electrons. The van der Waals surface area contributed by atoms with Gasteiger partial charge in [-0.1, -0.05) is 35.9 Å². The SMILES string of the molecule is COCCCCNC1(CCCN(C(N)=S)c2ccc(Cl)cc2)CCCc2ccccc21. The first kappa shape index (κ1) is 24.0. The molecule has 1 unspecified atom stereocenters. The first-order valence-electron chi connectivity index (χ1n) is 11.2. The summed E-state index contributed by atoms with van der Waals surface area (Å²) in [5.41, 5.74) is 9.99. The van der Waals surface area contributed by atoms with Crippen LogP contribution in [-0.2, 0) is 16.7 Å². The number of aryl methyl sites for hydroxylation is 1. The number of hydrogen-bond donors (Lipinski definition) is 2. The average molecular weight is 460 g/mol. The molecule has 0 saturated carbocycles. The fourth-order valence-corrected chi connectivity index (χ4v) is 5.00. The van der Waals surface area contributed by atoms with E-state index >= 15 is 0 Å². The number of ether oxygens (including phenoxy) is 1. The molecular weight excluding hydrogens is 426 g/mol. The van der Waals surface area contributed by atoms with E-state index in [1.807, 2.05) is 29.2 Å². The van der Waals surface area contributed by atoms with Gasteiger partial charge in [0.25, 0.3) is 0 Å². The second-order valence-corrected chi connectivity index (χ2v) is 9.14. The largest absolute Gasteiger partial charge is 0.385 e. The summed E-state index contributed by atoms with van der Waals surface area (Å²) in [6.45, 7) is 2.59. The first-order valence-corrected chi connectivity index (χ1v) is 12.0. The Morgan fingerprint density at radius 1 is 1.16 bits per heavy atom. The minimum Gasteiger partial charge on any atom is -0.385 e. The van der Waals surface area contributed by atoms with E-state index in [1.165, 1.54) is 17.5 Å². The average Bonchev–Trinajstić information content (AvgIpc) is 2.77. The molecule has 31 heavy (non-hydrogen) atoms. The van der Waals surface area contributed by atoms with Crippen LogP contribution in [0.1, 0.15) is 49.7 Å². The van der Waals surface area contributed by atoms with Crippen molar-refractivity contribution in [2.45, 2.75) is 50.5 Å². The number of nitrogens with one attached hydrogen (secondary N) is 1. The third kappa shape index (κ3) is 6.42. The van der Waals surface area contributed by atoms with Gasteiger partial charge in [-0.05, 0) is 99.1 Å². The van der Waals surface area contributed by atoms with Gasteiger partial charge in [-0.25, -0.2) is 0 Å². The van der Waals surface area contributed by atoms with Crippen LogP contribution in [0.2, 0.25) is 5.02 Å². The molecule has 0 heterocycles. The second-order valence-electron chi connectivity index (χ2n) is 8.29. The molecule has 0 aliphatic heterocycles. The quantitative estimate of drug-likeness (QED) is 0.347. The van der Waals surface area contributed by atoms with Gasteiger partial charge in [-0.3, -0.25) is 0 Å². The van der Waals surface area contributed by atoms with E-state index in [9.17, 15) is 0 Å². The van der Waals surface area contributed by atoms with Crippen molar-refractivity contribution >= 4 is 34.6 Å². The molecule has 168 valence electrons. The molecule has 6 heteroatoms. The Bertz CT molecular complexity index is 845. The van der Waals surface area contributed by atoms with Gasteiger partial charge < -0.3 is 20.7 Å². The normalized spacial score (nSPS) is 17.9. The lowest BCUT2D eigenvalue weighted by atomic mass is 9.73. The van der Waals surface area contributed by atoms with Crippen LogP contribution in [0.3, 0.4) is 0 Å². The van der Waals surface area contributed by atoms with E-state index in [0.29, 0.717) is 10.1 Å². The lowest BCUT2D eigenvalue weighted by molar-refractivity contribution is 0.188. The highest BCUT2D eigenvalue weighted by molar-refractivity contribution is 7.80. The number of nitrogens with zero attached hydrogens (tertiary/aromatic N) is 1. The van der Waals surface area contributed by atoms with E-state index in [4.69, 9.17) is 34.3 Å². The number of methoxy groups -OCH3 is 1. The molecule has 0 aromatic heterocycles. The number of nitrogens with two attached hydrogens (primary N) is 1. The van der Waals surface area contributed by atoms with Gasteiger partial charge in [-0.15, -0.1) is 0 Å². The van der Waals surface area contributed by atoms with E-state index in [-0.39, 0.29) is 5.54 Å². The molecule has 1 atom stereocenters. The van der Waals surface area contributed by atoms with Gasteiger partial charge in [0.05, 0.1) is 0 Å². The number of rotatable bonds is 11. The maximum Gasteiger partial charge on any atom is 0.170 e.